The van der Waals surface area contributed by atoms with Crippen LogP contribution in [-0.4, -0.2) is 6.04 Å². The fourth-order valence-corrected chi connectivity index (χ4v) is 4.36. The van der Waals surface area contributed by atoms with E-state index < -0.39 is 0 Å². The van der Waals surface area contributed by atoms with Crippen molar-refractivity contribution in [3.05, 3.63) is 22.4 Å². The van der Waals surface area contributed by atoms with Crippen molar-refractivity contribution in [2.45, 2.75) is 77.8 Å². The van der Waals surface area contributed by atoms with Crippen LogP contribution in [0.25, 0.3) is 0 Å². The number of rotatable bonds is 6. The van der Waals surface area contributed by atoms with Gasteiger partial charge in [0.15, 0.2) is 0 Å². The van der Waals surface area contributed by atoms with Gasteiger partial charge in [-0.15, -0.1) is 11.3 Å². The van der Waals surface area contributed by atoms with E-state index in [1.54, 1.807) is 0 Å². The monoisotopic (exact) mass is 293 g/mol. The Labute approximate surface area is 129 Å². The Balaban J connectivity index is 1.90. The maximum Gasteiger partial charge on any atom is 0.0416 e. The lowest BCUT2D eigenvalue weighted by molar-refractivity contribution is 0.332. The molecule has 1 fully saturated rings. The fourth-order valence-electron chi connectivity index (χ4n) is 3.53. The second kappa shape index (κ2) is 8.19. The molecule has 1 aromatic heterocycles. The van der Waals surface area contributed by atoms with Gasteiger partial charge in [-0.1, -0.05) is 46.1 Å². The molecule has 0 spiro atoms. The highest BCUT2D eigenvalue weighted by Gasteiger charge is 2.23. The average molecular weight is 294 g/mol. The number of hydrogen-bond donors (Lipinski definition) is 1. The van der Waals surface area contributed by atoms with Gasteiger partial charge in [0, 0.05) is 17.0 Å². The van der Waals surface area contributed by atoms with Crippen molar-refractivity contribution < 1.29 is 0 Å². The summed E-state index contributed by atoms with van der Waals surface area (Å²) in [6.45, 7) is 7.08. The predicted molar refractivity (Wildman–Crippen MR) is 90.3 cm³/mol. The standard InChI is InChI=1S/C18H31NS/c1-4-7-17(18-10-6-13-20-18)19-16-9-5-8-15(11-12-16)14(2)3/h6,10,13-17,19H,4-5,7-9,11-12H2,1-3H3. The molecule has 1 nitrogen and oxygen atoms in total. The van der Waals surface area contributed by atoms with Crippen LogP contribution in [0.1, 0.15) is 76.6 Å². The predicted octanol–water partition coefficient (Wildman–Crippen LogP) is 5.78. The van der Waals surface area contributed by atoms with Crippen molar-refractivity contribution >= 4 is 11.3 Å². The van der Waals surface area contributed by atoms with Crippen molar-refractivity contribution in [2.75, 3.05) is 0 Å². The Bertz CT molecular complexity index is 358. The van der Waals surface area contributed by atoms with E-state index >= 15 is 0 Å². The van der Waals surface area contributed by atoms with Gasteiger partial charge < -0.3 is 5.32 Å². The van der Waals surface area contributed by atoms with Crippen molar-refractivity contribution in [2.24, 2.45) is 11.8 Å². The van der Waals surface area contributed by atoms with Gasteiger partial charge in [0.1, 0.15) is 0 Å². The molecule has 0 saturated heterocycles. The van der Waals surface area contributed by atoms with E-state index in [2.05, 4.69) is 43.6 Å². The van der Waals surface area contributed by atoms with Gasteiger partial charge in [0.25, 0.3) is 0 Å². The molecule has 1 saturated carbocycles. The molecule has 0 radical (unpaired) electrons. The van der Waals surface area contributed by atoms with E-state index in [1.165, 1.54) is 49.8 Å². The van der Waals surface area contributed by atoms with E-state index in [0.29, 0.717) is 6.04 Å². The highest BCUT2D eigenvalue weighted by atomic mass is 32.1. The van der Waals surface area contributed by atoms with Gasteiger partial charge in [-0.2, -0.15) is 0 Å². The van der Waals surface area contributed by atoms with Crippen LogP contribution in [0.5, 0.6) is 0 Å². The van der Waals surface area contributed by atoms with Crippen LogP contribution in [0, 0.1) is 11.8 Å². The zero-order valence-electron chi connectivity index (χ0n) is 13.4. The summed E-state index contributed by atoms with van der Waals surface area (Å²) in [7, 11) is 0. The van der Waals surface area contributed by atoms with Crippen LogP contribution in [0.2, 0.25) is 0 Å². The van der Waals surface area contributed by atoms with Crippen LogP contribution in [0.3, 0.4) is 0 Å². The molecular weight excluding hydrogens is 262 g/mol. The minimum atomic E-state index is 0.584. The van der Waals surface area contributed by atoms with Crippen LogP contribution in [0.15, 0.2) is 17.5 Å². The summed E-state index contributed by atoms with van der Waals surface area (Å²) in [5, 5.41) is 6.18. The Morgan fingerprint density at radius 3 is 2.75 bits per heavy atom. The molecular formula is C18H31NS. The van der Waals surface area contributed by atoms with Gasteiger partial charge in [0.05, 0.1) is 0 Å². The quantitative estimate of drug-likeness (QED) is 0.655. The van der Waals surface area contributed by atoms with E-state index in [4.69, 9.17) is 0 Å². The summed E-state index contributed by atoms with van der Waals surface area (Å²) in [6.07, 6.45) is 9.53. The highest BCUT2D eigenvalue weighted by Crippen LogP contribution is 2.31. The average Bonchev–Trinajstić information content (AvgIpc) is 2.85. The van der Waals surface area contributed by atoms with E-state index in [1.807, 2.05) is 11.3 Å². The SMILES string of the molecule is CCCC(NC1CCCC(C(C)C)CC1)c1cccs1. The molecule has 114 valence electrons. The summed E-state index contributed by atoms with van der Waals surface area (Å²) in [4.78, 5) is 1.52. The zero-order valence-corrected chi connectivity index (χ0v) is 14.2. The van der Waals surface area contributed by atoms with Gasteiger partial charge >= 0.3 is 0 Å². The summed E-state index contributed by atoms with van der Waals surface area (Å²) in [5.74, 6) is 1.81. The maximum atomic E-state index is 3.97. The van der Waals surface area contributed by atoms with Crippen LogP contribution < -0.4 is 5.32 Å². The first-order valence-corrected chi connectivity index (χ1v) is 9.38. The molecule has 1 aliphatic rings. The van der Waals surface area contributed by atoms with E-state index in [9.17, 15) is 0 Å². The summed E-state index contributed by atoms with van der Waals surface area (Å²) in [5.41, 5.74) is 0. The largest absolute Gasteiger partial charge is 0.306 e. The highest BCUT2D eigenvalue weighted by molar-refractivity contribution is 7.10. The number of hydrogen-bond acceptors (Lipinski definition) is 2. The molecule has 1 aromatic rings. The molecule has 3 unspecified atom stereocenters. The van der Waals surface area contributed by atoms with Crippen molar-refractivity contribution in [1.29, 1.82) is 0 Å². The van der Waals surface area contributed by atoms with Gasteiger partial charge in [0.2, 0.25) is 0 Å². The fraction of sp³-hybridized carbons (Fsp3) is 0.778. The molecule has 1 N–H and O–H groups in total. The molecule has 1 heterocycles. The normalized spacial score (nSPS) is 25.6. The maximum absolute atomic E-state index is 3.97. The summed E-state index contributed by atoms with van der Waals surface area (Å²) < 4.78 is 0. The van der Waals surface area contributed by atoms with Gasteiger partial charge in [-0.05, 0) is 49.0 Å². The van der Waals surface area contributed by atoms with Gasteiger partial charge in [-0.3, -0.25) is 0 Å². The molecule has 0 aliphatic heterocycles. The van der Waals surface area contributed by atoms with E-state index in [0.717, 1.165) is 17.9 Å². The molecule has 2 rings (SSSR count). The topological polar surface area (TPSA) is 12.0 Å². The summed E-state index contributed by atoms with van der Waals surface area (Å²) >= 11 is 1.91. The van der Waals surface area contributed by atoms with E-state index in [-0.39, 0.29) is 0 Å². The minimum Gasteiger partial charge on any atom is -0.306 e. The Kier molecular flexibility index (Phi) is 6.57. The van der Waals surface area contributed by atoms with Crippen LogP contribution in [0.4, 0.5) is 0 Å². The van der Waals surface area contributed by atoms with Crippen molar-refractivity contribution in [1.82, 2.24) is 5.32 Å². The smallest absolute Gasteiger partial charge is 0.0416 e. The lowest BCUT2D eigenvalue weighted by Crippen LogP contribution is -2.32. The number of thiophene rings is 1. The first kappa shape index (κ1) is 16.0. The number of nitrogens with one attached hydrogen (secondary N) is 1. The molecule has 0 bridgehead atoms. The lowest BCUT2D eigenvalue weighted by Gasteiger charge is -2.24. The molecule has 3 atom stereocenters. The second-order valence-corrected chi connectivity index (χ2v) is 7.71. The molecule has 0 aromatic carbocycles. The molecule has 0 amide bonds. The third-order valence-electron chi connectivity index (χ3n) is 4.86. The van der Waals surface area contributed by atoms with Crippen LogP contribution >= 0.6 is 11.3 Å². The first-order chi connectivity index (χ1) is 9.70. The lowest BCUT2D eigenvalue weighted by atomic mass is 9.89. The Hall–Kier alpha value is -0.340. The second-order valence-electron chi connectivity index (χ2n) is 6.73. The zero-order chi connectivity index (χ0) is 14.4. The van der Waals surface area contributed by atoms with Gasteiger partial charge in [-0.25, -0.2) is 0 Å². The summed E-state index contributed by atoms with van der Waals surface area (Å²) in [6, 6.07) is 5.80. The Morgan fingerprint density at radius 1 is 1.25 bits per heavy atom. The Morgan fingerprint density at radius 2 is 2.10 bits per heavy atom. The van der Waals surface area contributed by atoms with Crippen molar-refractivity contribution in [3.8, 4) is 0 Å². The molecule has 1 aliphatic carbocycles. The first-order valence-electron chi connectivity index (χ1n) is 8.50. The minimum absolute atomic E-state index is 0.584. The third-order valence-corrected chi connectivity index (χ3v) is 5.84. The third kappa shape index (κ3) is 4.60. The molecule has 2 heteroatoms. The van der Waals surface area contributed by atoms with Crippen molar-refractivity contribution in [3.63, 3.8) is 0 Å². The van der Waals surface area contributed by atoms with Crippen LogP contribution in [-0.2, 0) is 0 Å². The molecule has 20 heavy (non-hydrogen) atoms.